The molecular formula is C24H26ClN5O5S. The number of alkyl carbamates (subject to hydrolysis) is 1. The molecule has 1 aliphatic carbocycles. The van der Waals surface area contributed by atoms with Crippen molar-refractivity contribution in [1.29, 1.82) is 0 Å². The first-order valence-electron chi connectivity index (χ1n) is 11.2. The molecule has 4 amide bonds. The molecule has 1 aliphatic rings. The van der Waals surface area contributed by atoms with Crippen LogP contribution in [-0.2, 0) is 20.7 Å². The van der Waals surface area contributed by atoms with Crippen LogP contribution in [0.4, 0.5) is 4.79 Å². The summed E-state index contributed by atoms with van der Waals surface area (Å²) in [5.41, 5.74) is 6.64. The van der Waals surface area contributed by atoms with E-state index in [1.165, 1.54) is 11.3 Å². The van der Waals surface area contributed by atoms with Crippen LogP contribution in [0.5, 0.6) is 0 Å². The molecule has 12 heteroatoms. The summed E-state index contributed by atoms with van der Waals surface area (Å²) in [6, 6.07) is 8.04. The van der Waals surface area contributed by atoms with Gasteiger partial charge in [-0.3, -0.25) is 14.4 Å². The smallest absolute Gasteiger partial charge is 0.408 e. The highest BCUT2D eigenvalue weighted by atomic mass is 35.5. The molecule has 1 aromatic carbocycles. The zero-order chi connectivity index (χ0) is 26.2. The standard InChI is InChI=1S/C24H26ClN5O5S/c1-24(2,3)35-23(34)30-18(19(26)31)21(33)29-17-13-7-5-4-6-11(13)8-14(17)27-20(32)15-9-12-10-16(25)36-22(12)28-15/h4-7,9-10,14,17-18,28H,8H2,1-3H3,(H2,26,31)(H,27,32)(H,29,33)(H,30,34)/t14-,17-,18-/m0/s1. The second-order valence-electron chi connectivity index (χ2n) is 9.47. The Hall–Kier alpha value is -3.57. The van der Waals surface area contributed by atoms with Crippen LogP contribution in [0.2, 0.25) is 4.34 Å². The molecular weight excluding hydrogens is 506 g/mol. The van der Waals surface area contributed by atoms with E-state index in [2.05, 4.69) is 20.9 Å². The molecule has 0 unspecified atom stereocenters. The van der Waals surface area contributed by atoms with Gasteiger partial charge in [0.25, 0.3) is 11.8 Å². The Kier molecular flexibility index (Phi) is 6.96. The molecule has 0 saturated carbocycles. The summed E-state index contributed by atoms with van der Waals surface area (Å²) < 4.78 is 5.75. The van der Waals surface area contributed by atoms with Crippen molar-refractivity contribution in [1.82, 2.24) is 20.9 Å². The molecule has 36 heavy (non-hydrogen) atoms. The lowest BCUT2D eigenvalue weighted by molar-refractivity contribution is -0.131. The quantitative estimate of drug-likeness (QED) is 0.309. The number of nitrogens with one attached hydrogen (secondary N) is 4. The van der Waals surface area contributed by atoms with Crippen molar-refractivity contribution in [2.24, 2.45) is 5.73 Å². The van der Waals surface area contributed by atoms with Crippen LogP contribution in [0.25, 0.3) is 10.2 Å². The molecule has 3 aromatic rings. The van der Waals surface area contributed by atoms with Crippen LogP contribution in [-0.4, -0.2) is 46.5 Å². The van der Waals surface area contributed by atoms with E-state index in [0.29, 0.717) is 16.5 Å². The van der Waals surface area contributed by atoms with Gasteiger partial charge in [-0.05, 0) is 50.5 Å². The number of nitrogens with two attached hydrogens (primary N) is 1. The normalized spacial score (nSPS) is 17.8. The van der Waals surface area contributed by atoms with E-state index in [1.807, 2.05) is 24.3 Å². The SMILES string of the molecule is CC(C)(C)OC(=O)N[C@@H](C(N)=O)C(=O)N[C@H]1c2ccccc2C[C@@H]1NC(=O)c1cc2cc(Cl)sc2[nH]1. The van der Waals surface area contributed by atoms with Crippen LogP contribution in [0, 0.1) is 0 Å². The molecule has 0 bridgehead atoms. The topological polar surface area (TPSA) is 155 Å². The molecule has 190 valence electrons. The minimum absolute atomic E-state index is 0.357. The fourth-order valence-electron chi connectivity index (χ4n) is 4.10. The van der Waals surface area contributed by atoms with Crippen LogP contribution in [0.15, 0.2) is 36.4 Å². The van der Waals surface area contributed by atoms with Gasteiger partial charge in [0.15, 0.2) is 6.04 Å². The van der Waals surface area contributed by atoms with Gasteiger partial charge in [-0.15, -0.1) is 11.3 Å². The Morgan fingerprint density at radius 1 is 1.17 bits per heavy atom. The van der Waals surface area contributed by atoms with Crippen molar-refractivity contribution in [3.63, 3.8) is 0 Å². The van der Waals surface area contributed by atoms with Crippen molar-refractivity contribution in [2.75, 3.05) is 0 Å². The highest BCUT2D eigenvalue weighted by molar-refractivity contribution is 7.22. The summed E-state index contributed by atoms with van der Waals surface area (Å²) in [4.78, 5) is 54.1. The zero-order valence-corrected chi connectivity index (χ0v) is 21.4. The summed E-state index contributed by atoms with van der Waals surface area (Å²) in [7, 11) is 0. The molecule has 3 atom stereocenters. The fourth-order valence-corrected chi connectivity index (χ4v) is 5.22. The Labute approximate surface area is 215 Å². The number of fused-ring (bicyclic) bond motifs is 2. The molecule has 0 fully saturated rings. The molecule has 0 aliphatic heterocycles. The lowest BCUT2D eigenvalue weighted by Gasteiger charge is -2.26. The largest absolute Gasteiger partial charge is 0.444 e. The number of aromatic amines is 1. The summed E-state index contributed by atoms with van der Waals surface area (Å²) in [5, 5.41) is 8.78. The number of thiophene rings is 1. The van der Waals surface area contributed by atoms with Gasteiger partial charge in [-0.25, -0.2) is 4.79 Å². The van der Waals surface area contributed by atoms with Crippen molar-refractivity contribution in [2.45, 2.75) is 50.9 Å². The maximum Gasteiger partial charge on any atom is 0.408 e. The molecule has 4 rings (SSSR count). The Morgan fingerprint density at radius 2 is 1.89 bits per heavy atom. The Balaban J connectivity index is 1.52. The third kappa shape index (κ3) is 5.63. The van der Waals surface area contributed by atoms with Crippen molar-refractivity contribution >= 4 is 57.0 Å². The summed E-state index contributed by atoms with van der Waals surface area (Å²) in [6.07, 6.45) is -0.501. The predicted molar refractivity (Wildman–Crippen MR) is 136 cm³/mol. The third-order valence-corrected chi connectivity index (χ3v) is 6.77. The maximum atomic E-state index is 13.1. The minimum atomic E-state index is -1.66. The van der Waals surface area contributed by atoms with Crippen molar-refractivity contribution in [3.8, 4) is 0 Å². The zero-order valence-electron chi connectivity index (χ0n) is 19.8. The highest BCUT2D eigenvalue weighted by Gasteiger charge is 2.38. The van der Waals surface area contributed by atoms with Crippen LogP contribution < -0.4 is 21.7 Å². The number of rotatable bonds is 6. The summed E-state index contributed by atoms with van der Waals surface area (Å²) >= 11 is 7.34. The number of amides is 4. The molecule has 0 spiro atoms. The van der Waals surface area contributed by atoms with Gasteiger partial charge >= 0.3 is 6.09 Å². The van der Waals surface area contributed by atoms with Crippen LogP contribution >= 0.6 is 22.9 Å². The molecule has 0 saturated heterocycles. The first kappa shape index (κ1) is 25.5. The molecule has 2 aromatic heterocycles. The van der Waals surface area contributed by atoms with Crippen molar-refractivity contribution in [3.05, 3.63) is 57.6 Å². The molecule has 10 nitrogen and oxygen atoms in total. The summed E-state index contributed by atoms with van der Waals surface area (Å²) in [6.45, 7) is 4.95. The molecule has 6 N–H and O–H groups in total. The first-order valence-corrected chi connectivity index (χ1v) is 12.4. The second-order valence-corrected chi connectivity index (χ2v) is 11.2. The van der Waals surface area contributed by atoms with Gasteiger partial charge in [0, 0.05) is 5.39 Å². The summed E-state index contributed by atoms with van der Waals surface area (Å²) in [5.74, 6) is -2.22. The van der Waals surface area contributed by atoms with E-state index in [4.69, 9.17) is 22.1 Å². The Bertz CT molecular complexity index is 1310. The van der Waals surface area contributed by atoms with E-state index in [1.54, 1.807) is 32.9 Å². The van der Waals surface area contributed by atoms with Gasteiger partial charge in [0.1, 0.15) is 16.1 Å². The van der Waals surface area contributed by atoms with E-state index in [0.717, 1.165) is 21.3 Å². The fraction of sp³-hybridized carbons (Fsp3) is 0.333. The van der Waals surface area contributed by atoms with Crippen LogP contribution in [0.3, 0.4) is 0 Å². The number of carbonyl (C=O) groups is 4. The number of primary amides is 1. The molecule has 0 radical (unpaired) electrons. The number of aromatic nitrogens is 1. The lowest BCUT2D eigenvalue weighted by Crippen LogP contribution is -2.56. The number of carbonyl (C=O) groups excluding carboxylic acids is 4. The number of hydrogen-bond donors (Lipinski definition) is 5. The first-order chi connectivity index (χ1) is 16.9. The number of halogens is 1. The van der Waals surface area contributed by atoms with Crippen LogP contribution in [0.1, 0.15) is 48.4 Å². The predicted octanol–water partition coefficient (Wildman–Crippen LogP) is 2.77. The average molecular weight is 532 g/mol. The second kappa shape index (κ2) is 9.82. The minimum Gasteiger partial charge on any atom is -0.444 e. The molecule has 2 heterocycles. The van der Waals surface area contributed by atoms with Gasteiger partial charge in [-0.2, -0.15) is 0 Å². The third-order valence-electron chi connectivity index (χ3n) is 5.58. The maximum absolute atomic E-state index is 13.1. The number of H-pyrrole nitrogens is 1. The van der Waals surface area contributed by atoms with E-state index in [9.17, 15) is 19.2 Å². The van der Waals surface area contributed by atoms with Crippen molar-refractivity contribution < 1.29 is 23.9 Å². The monoisotopic (exact) mass is 531 g/mol. The highest BCUT2D eigenvalue weighted by Crippen LogP contribution is 2.33. The Morgan fingerprint density at radius 3 is 2.56 bits per heavy atom. The van der Waals surface area contributed by atoms with E-state index >= 15 is 0 Å². The van der Waals surface area contributed by atoms with E-state index in [-0.39, 0.29) is 5.91 Å². The lowest BCUT2D eigenvalue weighted by atomic mass is 10.1. The van der Waals surface area contributed by atoms with Gasteiger partial charge in [0.2, 0.25) is 5.91 Å². The number of ether oxygens (including phenoxy) is 1. The average Bonchev–Trinajstić information content (AvgIpc) is 3.42. The number of hydrogen-bond acceptors (Lipinski definition) is 6. The van der Waals surface area contributed by atoms with E-state index < -0.39 is 41.6 Å². The van der Waals surface area contributed by atoms with Gasteiger partial charge in [-0.1, -0.05) is 35.9 Å². The van der Waals surface area contributed by atoms with Gasteiger partial charge < -0.3 is 31.4 Å². The van der Waals surface area contributed by atoms with Gasteiger partial charge in [0.05, 0.1) is 16.4 Å². The number of benzene rings is 1.